The average molecular weight is 278 g/mol. The van der Waals surface area contributed by atoms with E-state index in [4.69, 9.17) is 0 Å². The minimum absolute atomic E-state index is 0.157. The summed E-state index contributed by atoms with van der Waals surface area (Å²) in [4.78, 5) is 15.9. The maximum Gasteiger partial charge on any atom is 0.236 e. The molecule has 1 amide bonds. The fourth-order valence-corrected chi connectivity index (χ4v) is 2.41. The van der Waals surface area contributed by atoms with Crippen LogP contribution in [-0.4, -0.2) is 47.5 Å². The van der Waals surface area contributed by atoms with Gasteiger partial charge in [0.1, 0.15) is 5.75 Å². The van der Waals surface area contributed by atoms with Crippen LogP contribution in [0.5, 0.6) is 5.75 Å². The molecule has 0 unspecified atom stereocenters. The summed E-state index contributed by atoms with van der Waals surface area (Å²) in [6.07, 6.45) is 0. The van der Waals surface area contributed by atoms with Crippen LogP contribution in [-0.2, 0) is 11.3 Å². The number of phenols is 1. The van der Waals surface area contributed by atoms with Crippen LogP contribution in [0.2, 0.25) is 0 Å². The third-order valence-electron chi connectivity index (χ3n) is 3.52. The Hall–Kier alpha value is -1.55. The molecule has 4 heteroatoms. The van der Waals surface area contributed by atoms with Gasteiger partial charge in [0.15, 0.2) is 0 Å². The second kappa shape index (κ2) is 7.29. The van der Waals surface area contributed by atoms with Gasteiger partial charge in [0.2, 0.25) is 5.91 Å². The number of nitrogens with zero attached hydrogens (tertiary/aromatic N) is 2. The first-order valence-corrected chi connectivity index (χ1v) is 7.14. The van der Waals surface area contributed by atoms with E-state index in [0.717, 1.165) is 29.8 Å². The molecule has 0 fully saturated rings. The van der Waals surface area contributed by atoms with Crippen molar-refractivity contribution in [3.63, 3.8) is 0 Å². The minimum Gasteiger partial charge on any atom is -0.507 e. The molecule has 0 spiro atoms. The van der Waals surface area contributed by atoms with Crippen molar-refractivity contribution in [1.82, 2.24) is 9.80 Å². The highest BCUT2D eigenvalue weighted by Gasteiger charge is 2.13. The Morgan fingerprint density at radius 1 is 1.15 bits per heavy atom. The SMILES string of the molecule is CCN(CC)C(=O)CN(C)Cc1cc(C)c(O)c(C)c1. The molecular weight excluding hydrogens is 252 g/mol. The molecule has 0 saturated heterocycles. The van der Waals surface area contributed by atoms with Crippen molar-refractivity contribution in [3.8, 4) is 5.75 Å². The van der Waals surface area contributed by atoms with Crippen LogP contribution in [0.15, 0.2) is 12.1 Å². The lowest BCUT2D eigenvalue weighted by Crippen LogP contribution is -2.38. The molecule has 0 aliphatic rings. The highest BCUT2D eigenvalue weighted by atomic mass is 16.3. The van der Waals surface area contributed by atoms with Crippen molar-refractivity contribution in [2.45, 2.75) is 34.2 Å². The standard InChI is InChI=1S/C16H26N2O2/c1-6-18(7-2)15(19)11-17(5)10-14-8-12(3)16(20)13(4)9-14/h8-9,20H,6-7,10-11H2,1-5H3. The number of aromatic hydroxyl groups is 1. The van der Waals surface area contributed by atoms with Crippen molar-refractivity contribution in [3.05, 3.63) is 28.8 Å². The van der Waals surface area contributed by atoms with Gasteiger partial charge in [-0.05, 0) is 51.4 Å². The molecule has 0 aliphatic heterocycles. The van der Waals surface area contributed by atoms with E-state index in [9.17, 15) is 9.90 Å². The van der Waals surface area contributed by atoms with Crippen molar-refractivity contribution >= 4 is 5.91 Å². The summed E-state index contributed by atoms with van der Waals surface area (Å²) in [5.74, 6) is 0.514. The second-order valence-electron chi connectivity index (χ2n) is 5.32. The zero-order valence-corrected chi connectivity index (χ0v) is 13.2. The lowest BCUT2D eigenvalue weighted by molar-refractivity contribution is -0.131. The van der Waals surface area contributed by atoms with Crippen LogP contribution in [0.4, 0.5) is 0 Å². The molecule has 1 aromatic rings. The molecular formula is C16H26N2O2. The van der Waals surface area contributed by atoms with Crippen LogP contribution >= 0.6 is 0 Å². The molecule has 0 radical (unpaired) electrons. The second-order valence-corrected chi connectivity index (χ2v) is 5.32. The molecule has 0 aromatic heterocycles. The number of rotatable bonds is 6. The molecule has 20 heavy (non-hydrogen) atoms. The number of benzene rings is 1. The monoisotopic (exact) mass is 278 g/mol. The predicted molar refractivity (Wildman–Crippen MR) is 81.8 cm³/mol. The maximum absolute atomic E-state index is 12.0. The van der Waals surface area contributed by atoms with Gasteiger partial charge in [0.05, 0.1) is 6.54 Å². The third kappa shape index (κ3) is 4.23. The quantitative estimate of drug-likeness (QED) is 0.868. The number of hydrogen-bond donors (Lipinski definition) is 1. The van der Waals surface area contributed by atoms with Crippen molar-refractivity contribution in [2.75, 3.05) is 26.7 Å². The molecule has 1 aromatic carbocycles. The Labute approximate surface area is 122 Å². The Morgan fingerprint density at radius 3 is 2.10 bits per heavy atom. The topological polar surface area (TPSA) is 43.8 Å². The minimum atomic E-state index is 0.157. The van der Waals surface area contributed by atoms with Gasteiger partial charge in [0.25, 0.3) is 0 Å². The summed E-state index contributed by atoms with van der Waals surface area (Å²) in [6.45, 7) is 10.4. The van der Waals surface area contributed by atoms with E-state index < -0.39 is 0 Å². The summed E-state index contributed by atoms with van der Waals surface area (Å²) >= 11 is 0. The summed E-state index contributed by atoms with van der Waals surface area (Å²) in [5, 5.41) is 9.77. The highest BCUT2D eigenvalue weighted by Crippen LogP contribution is 2.23. The number of hydrogen-bond acceptors (Lipinski definition) is 3. The van der Waals surface area contributed by atoms with E-state index in [2.05, 4.69) is 0 Å². The molecule has 1 rings (SSSR count). The van der Waals surface area contributed by atoms with E-state index in [-0.39, 0.29) is 5.91 Å². The van der Waals surface area contributed by atoms with E-state index in [1.807, 2.05) is 56.7 Å². The Balaban J connectivity index is 2.67. The normalized spacial score (nSPS) is 10.9. The van der Waals surface area contributed by atoms with Gasteiger partial charge >= 0.3 is 0 Å². The van der Waals surface area contributed by atoms with Crippen LogP contribution in [0, 0.1) is 13.8 Å². The molecule has 0 heterocycles. The largest absolute Gasteiger partial charge is 0.507 e. The van der Waals surface area contributed by atoms with E-state index in [1.54, 1.807) is 0 Å². The Kier molecular flexibility index (Phi) is 6.02. The number of carbonyl (C=O) groups is 1. The predicted octanol–water partition coefficient (Wildman–Crippen LogP) is 2.31. The molecule has 0 bridgehead atoms. The van der Waals surface area contributed by atoms with Gasteiger partial charge in [-0.2, -0.15) is 0 Å². The lowest BCUT2D eigenvalue weighted by Gasteiger charge is -2.23. The van der Waals surface area contributed by atoms with Crippen molar-refractivity contribution in [2.24, 2.45) is 0 Å². The van der Waals surface area contributed by atoms with Gasteiger partial charge in [-0.25, -0.2) is 0 Å². The maximum atomic E-state index is 12.0. The molecule has 1 N–H and O–H groups in total. The Morgan fingerprint density at radius 2 is 1.65 bits per heavy atom. The summed E-state index contributed by atoms with van der Waals surface area (Å²) < 4.78 is 0. The molecule has 4 nitrogen and oxygen atoms in total. The molecule has 112 valence electrons. The Bertz CT molecular complexity index is 445. The fraction of sp³-hybridized carbons (Fsp3) is 0.562. The van der Waals surface area contributed by atoms with Crippen LogP contribution in [0.1, 0.15) is 30.5 Å². The van der Waals surface area contributed by atoms with E-state index in [0.29, 0.717) is 18.8 Å². The highest BCUT2D eigenvalue weighted by molar-refractivity contribution is 5.78. The number of likely N-dealkylation sites (N-methyl/N-ethyl adjacent to an activating group) is 2. The first kappa shape index (κ1) is 16.5. The van der Waals surface area contributed by atoms with E-state index in [1.165, 1.54) is 0 Å². The van der Waals surface area contributed by atoms with Crippen LogP contribution < -0.4 is 0 Å². The zero-order chi connectivity index (χ0) is 15.3. The van der Waals surface area contributed by atoms with Crippen LogP contribution in [0.25, 0.3) is 0 Å². The van der Waals surface area contributed by atoms with Crippen LogP contribution in [0.3, 0.4) is 0 Å². The zero-order valence-electron chi connectivity index (χ0n) is 13.2. The number of amides is 1. The number of phenolic OH excluding ortho intramolecular Hbond substituents is 1. The number of carbonyl (C=O) groups excluding carboxylic acids is 1. The summed E-state index contributed by atoms with van der Waals surface area (Å²) in [5.41, 5.74) is 2.87. The molecule has 0 atom stereocenters. The number of aryl methyl sites for hydroxylation is 2. The van der Waals surface area contributed by atoms with Gasteiger partial charge in [-0.15, -0.1) is 0 Å². The van der Waals surface area contributed by atoms with Crippen molar-refractivity contribution in [1.29, 1.82) is 0 Å². The van der Waals surface area contributed by atoms with Gasteiger partial charge < -0.3 is 10.0 Å². The van der Waals surface area contributed by atoms with Gasteiger partial charge in [0, 0.05) is 19.6 Å². The summed E-state index contributed by atoms with van der Waals surface area (Å²) in [7, 11) is 1.94. The summed E-state index contributed by atoms with van der Waals surface area (Å²) in [6, 6.07) is 3.95. The first-order chi connectivity index (χ1) is 9.38. The van der Waals surface area contributed by atoms with Crippen molar-refractivity contribution < 1.29 is 9.90 Å². The molecule has 0 saturated carbocycles. The molecule has 0 aliphatic carbocycles. The smallest absolute Gasteiger partial charge is 0.236 e. The van der Waals surface area contributed by atoms with Gasteiger partial charge in [-0.1, -0.05) is 12.1 Å². The lowest BCUT2D eigenvalue weighted by atomic mass is 10.1. The fourth-order valence-electron chi connectivity index (χ4n) is 2.41. The third-order valence-corrected chi connectivity index (χ3v) is 3.52. The van der Waals surface area contributed by atoms with Gasteiger partial charge in [-0.3, -0.25) is 9.69 Å². The average Bonchev–Trinajstić information content (AvgIpc) is 2.37. The van der Waals surface area contributed by atoms with E-state index >= 15 is 0 Å². The first-order valence-electron chi connectivity index (χ1n) is 7.14.